The van der Waals surface area contributed by atoms with Crippen molar-refractivity contribution in [3.05, 3.63) is 59.9 Å². The molecular weight excluding hydrogens is 433 g/mol. The first-order valence-electron chi connectivity index (χ1n) is 10.7. The van der Waals surface area contributed by atoms with Gasteiger partial charge < -0.3 is 10.1 Å². The van der Waals surface area contributed by atoms with Gasteiger partial charge in [-0.3, -0.25) is 9.69 Å². The minimum atomic E-state index is -3.47. The average Bonchev–Trinajstić information content (AvgIpc) is 2.78. The van der Waals surface area contributed by atoms with Crippen LogP contribution in [0.1, 0.15) is 18.4 Å². The molecule has 1 fully saturated rings. The van der Waals surface area contributed by atoms with Crippen molar-refractivity contribution >= 4 is 15.9 Å². The Morgan fingerprint density at radius 1 is 1.16 bits per heavy atom. The molecule has 0 aromatic heterocycles. The van der Waals surface area contributed by atoms with Crippen LogP contribution in [-0.4, -0.2) is 63.9 Å². The van der Waals surface area contributed by atoms with Crippen molar-refractivity contribution in [3.63, 3.8) is 0 Å². The lowest BCUT2D eigenvalue weighted by atomic mass is 9.96. The van der Waals surface area contributed by atoms with Crippen molar-refractivity contribution in [2.75, 3.05) is 40.3 Å². The SMILES string of the molecule is CN(C)S(=O)(=O)c1ccc(OCCNC(=O)[C@H]2CCCN(Cc3ccc(F)cc3)C2)cc1. The van der Waals surface area contributed by atoms with Crippen molar-refractivity contribution in [1.29, 1.82) is 0 Å². The normalized spacial score (nSPS) is 17.3. The lowest BCUT2D eigenvalue weighted by molar-refractivity contribution is -0.126. The fourth-order valence-electron chi connectivity index (χ4n) is 3.67. The Labute approximate surface area is 189 Å². The zero-order chi connectivity index (χ0) is 23.1. The number of sulfonamides is 1. The summed E-state index contributed by atoms with van der Waals surface area (Å²) in [5.41, 5.74) is 1.03. The highest BCUT2D eigenvalue weighted by atomic mass is 32.2. The molecule has 0 radical (unpaired) electrons. The van der Waals surface area contributed by atoms with E-state index >= 15 is 0 Å². The van der Waals surface area contributed by atoms with Gasteiger partial charge in [-0.2, -0.15) is 0 Å². The zero-order valence-electron chi connectivity index (χ0n) is 18.5. The fraction of sp³-hybridized carbons (Fsp3) is 0.435. The van der Waals surface area contributed by atoms with Crippen LogP contribution in [0, 0.1) is 11.7 Å². The fourth-order valence-corrected chi connectivity index (χ4v) is 4.57. The molecule has 0 spiro atoms. The predicted molar refractivity (Wildman–Crippen MR) is 120 cm³/mol. The van der Waals surface area contributed by atoms with Crippen LogP contribution >= 0.6 is 0 Å². The summed E-state index contributed by atoms with van der Waals surface area (Å²) in [6, 6.07) is 12.7. The second-order valence-corrected chi connectivity index (χ2v) is 10.3. The van der Waals surface area contributed by atoms with Gasteiger partial charge in [0.05, 0.1) is 17.4 Å². The van der Waals surface area contributed by atoms with Gasteiger partial charge in [-0.25, -0.2) is 17.1 Å². The number of hydrogen-bond acceptors (Lipinski definition) is 5. The third-order valence-electron chi connectivity index (χ3n) is 5.47. The molecule has 1 N–H and O–H groups in total. The third-order valence-corrected chi connectivity index (χ3v) is 7.30. The molecule has 1 saturated heterocycles. The van der Waals surface area contributed by atoms with Crippen LogP contribution in [0.4, 0.5) is 4.39 Å². The van der Waals surface area contributed by atoms with Gasteiger partial charge in [-0.05, 0) is 61.3 Å². The number of nitrogens with one attached hydrogen (secondary N) is 1. The monoisotopic (exact) mass is 463 g/mol. The van der Waals surface area contributed by atoms with Crippen LogP contribution < -0.4 is 10.1 Å². The van der Waals surface area contributed by atoms with Crippen molar-refractivity contribution in [1.82, 2.24) is 14.5 Å². The molecule has 32 heavy (non-hydrogen) atoms. The highest BCUT2D eigenvalue weighted by Gasteiger charge is 2.25. The van der Waals surface area contributed by atoms with Gasteiger partial charge in [0.15, 0.2) is 0 Å². The summed E-state index contributed by atoms with van der Waals surface area (Å²) in [6.07, 6.45) is 1.78. The van der Waals surface area contributed by atoms with Crippen molar-refractivity contribution in [3.8, 4) is 5.75 Å². The number of ether oxygens (including phenoxy) is 1. The molecule has 7 nitrogen and oxygen atoms in total. The van der Waals surface area contributed by atoms with E-state index in [1.807, 2.05) is 0 Å². The Kier molecular flexibility index (Phi) is 8.22. The number of carbonyl (C=O) groups is 1. The molecular formula is C23H30FN3O4S. The number of rotatable bonds is 9. The standard InChI is InChI=1S/C23H30FN3O4S/c1-26(2)32(29,30)22-11-9-21(10-12-22)31-15-13-25-23(28)19-4-3-14-27(17-19)16-18-5-7-20(24)8-6-18/h5-12,19H,3-4,13-17H2,1-2H3,(H,25,28)/t19-/m0/s1. The summed E-state index contributed by atoms with van der Waals surface area (Å²) < 4.78 is 44.0. The van der Waals surface area contributed by atoms with Crippen LogP contribution in [0.25, 0.3) is 0 Å². The van der Waals surface area contributed by atoms with E-state index in [1.54, 1.807) is 24.3 Å². The predicted octanol–water partition coefficient (Wildman–Crippen LogP) is 2.48. The zero-order valence-corrected chi connectivity index (χ0v) is 19.3. The maximum atomic E-state index is 13.1. The van der Waals surface area contributed by atoms with E-state index in [0.717, 1.165) is 29.3 Å². The first kappa shape index (κ1) is 24.2. The van der Waals surface area contributed by atoms with E-state index in [9.17, 15) is 17.6 Å². The molecule has 1 amide bonds. The minimum Gasteiger partial charge on any atom is -0.492 e. The molecule has 2 aromatic carbocycles. The van der Waals surface area contributed by atoms with E-state index in [4.69, 9.17) is 4.74 Å². The Morgan fingerprint density at radius 3 is 2.50 bits per heavy atom. The summed E-state index contributed by atoms with van der Waals surface area (Å²) in [5.74, 6) is 0.214. The highest BCUT2D eigenvalue weighted by molar-refractivity contribution is 7.89. The number of likely N-dealkylation sites (tertiary alicyclic amines) is 1. The van der Waals surface area contributed by atoms with Crippen LogP contribution in [0.2, 0.25) is 0 Å². The number of piperidine rings is 1. The van der Waals surface area contributed by atoms with Crippen molar-refractivity contribution in [2.45, 2.75) is 24.3 Å². The van der Waals surface area contributed by atoms with E-state index in [-0.39, 0.29) is 29.1 Å². The van der Waals surface area contributed by atoms with Gasteiger partial charge in [0.2, 0.25) is 15.9 Å². The van der Waals surface area contributed by atoms with Crippen LogP contribution in [0.5, 0.6) is 5.75 Å². The van der Waals surface area contributed by atoms with E-state index in [1.165, 1.54) is 38.4 Å². The molecule has 9 heteroatoms. The van der Waals surface area contributed by atoms with Crippen molar-refractivity contribution in [2.24, 2.45) is 5.92 Å². The molecule has 1 aliphatic rings. The minimum absolute atomic E-state index is 0.00447. The molecule has 174 valence electrons. The first-order valence-corrected chi connectivity index (χ1v) is 12.1. The van der Waals surface area contributed by atoms with E-state index in [2.05, 4.69) is 10.2 Å². The molecule has 0 unspecified atom stereocenters. The Morgan fingerprint density at radius 2 is 1.84 bits per heavy atom. The second kappa shape index (κ2) is 10.9. The third kappa shape index (κ3) is 6.51. The van der Waals surface area contributed by atoms with Gasteiger partial charge in [-0.15, -0.1) is 0 Å². The quantitative estimate of drug-likeness (QED) is 0.578. The number of halogens is 1. The smallest absolute Gasteiger partial charge is 0.242 e. The Hall–Kier alpha value is -2.49. The number of amides is 1. The van der Waals surface area contributed by atoms with Crippen molar-refractivity contribution < 1.29 is 22.3 Å². The number of benzene rings is 2. The number of nitrogens with zero attached hydrogens (tertiary/aromatic N) is 2. The summed E-state index contributed by atoms with van der Waals surface area (Å²) in [4.78, 5) is 15.0. The lowest BCUT2D eigenvalue weighted by Crippen LogP contribution is -2.43. The van der Waals surface area contributed by atoms with Crippen LogP contribution in [-0.2, 0) is 21.4 Å². The molecule has 0 saturated carbocycles. The van der Waals surface area contributed by atoms with Gasteiger partial charge in [0, 0.05) is 27.2 Å². The highest BCUT2D eigenvalue weighted by Crippen LogP contribution is 2.20. The topological polar surface area (TPSA) is 79.0 Å². The van der Waals surface area contributed by atoms with Gasteiger partial charge in [0.25, 0.3) is 0 Å². The Balaban J connectivity index is 1.41. The van der Waals surface area contributed by atoms with Gasteiger partial charge >= 0.3 is 0 Å². The number of carbonyl (C=O) groups excluding carboxylic acids is 1. The average molecular weight is 464 g/mol. The summed E-state index contributed by atoms with van der Waals surface area (Å²) in [6.45, 7) is 2.95. The van der Waals surface area contributed by atoms with Gasteiger partial charge in [-0.1, -0.05) is 12.1 Å². The molecule has 1 heterocycles. The lowest BCUT2D eigenvalue weighted by Gasteiger charge is -2.32. The van der Waals surface area contributed by atoms with E-state index in [0.29, 0.717) is 25.4 Å². The molecule has 1 atom stereocenters. The van der Waals surface area contributed by atoms with Crippen LogP contribution in [0.15, 0.2) is 53.4 Å². The summed E-state index contributed by atoms with van der Waals surface area (Å²) in [5, 5.41) is 2.92. The molecule has 1 aliphatic heterocycles. The summed E-state index contributed by atoms with van der Waals surface area (Å²) >= 11 is 0. The molecule has 3 rings (SSSR count). The molecule has 2 aromatic rings. The second-order valence-electron chi connectivity index (χ2n) is 8.10. The maximum Gasteiger partial charge on any atom is 0.242 e. The van der Waals surface area contributed by atoms with Gasteiger partial charge in [0.1, 0.15) is 18.2 Å². The van der Waals surface area contributed by atoms with E-state index < -0.39 is 10.0 Å². The maximum absolute atomic E-state index is 13.1. The molecule has 0 aliphatic carbocycles. The first-order chi connectivity index (χ1) is 15.3. The van der Waals surface area contributed by atoms with Crippen LogP contribution in [0.3, 0.4) is 0 Å². The summed E-state index contributed by atoms with van der Waals surface area (Å²) in [7, 11) is -0.503. The molecule has 0 bridgehead atoms. The number of hydrogen-bond donors (Lipinski definition) is 1. The largest absolute Gasteiger partial charge is 0.492 e. The Bertz CT molecular complexity index is 995.